The molecule has 0 saturated carbocycles. The Bertz CT molecular complexity index is 424. The second-order valence-corrected chi connectivity index (χ2v) is 5.26. The molecular weight excluding hydrogens is 239 g/mol. The minimum absolute atomic E-state index is 0.410. The second kappa shape index (κ2) is 4.92. The van der Waals surface area contributed by atoms with Gasteiger partial charge in [0, 0.05) is 13.1 Å². The molecular formula is C14H18F3N. The largest absolute Gasteiger partial charge is 0.401 e. The van der Waals surface area contributed by atoms with Gasteiger partial charge >= 0.3 is 6.18 Å². The van der Waals surface area contributed by atoms with Crippen LogP contribution in [0.25, 0.3) is 0 Å². The Morgan fingerprint density at radius 1 is 1.22 bits per heavy atom. The van der Waals surface area contributed by atoms with Gasteiger partial charge in [-0.15, -0.1) is 0 Å². The van der Waals surface area contributed by atoms with Crippen LogP contribution in [0, 0.1) is 0 Å². The molecule has 0 bridgehead atoms. The number of halogens is 3. The van der Waals surface area contributed by atoms with E-state index in [1.807, 2.05) is 0 Å². The fraction of sp³-hybridized carbons (Fsp3) is 0.571. The Balaban J connectivity index is 2.14. The van der Waals surface area contributed by atoms with Crippen molar-refractivity contribution in [2.24, 2.45) is 0 Å². The summed E-state index contributed by atoms with van der Waals surface area (Å²) in [5.74, 6) is 0.410. The maximum absolute atomic E-state index is 12.4. The van der Waals surface area contributed by atoms with Crippen molar-refractivity contribution in [1.29, 1.82) is 0 Å². The molecule has 1 nitrogen and oxygen atoms in total. The molecule has 4 heteroatoms. The molecule has 0 saturated heterocycles. The summed E-state index contributed by atoms with van der Waals surface area (Å²) >= 11 is 0. The van der Waals surface area contributed by atoms with Crippen molar-refractivity contribution >= 4 is 0 Å². The number of nitrogens with zero attached hydrogens (tertiary/aromatic N) is 1. The number of rotatable bonds is 2. The minimum Gasteiger partial charge on any atom is -0.290 e. The van der Waals surface area contributed by atoms with Crippen LogP contribution in [-0.4, -0.2) is 24.2 Å². The van der Waals surface area contributed by atoms with Crippen LogP contribution in [-0.2, 0) is 13.0 Å². The first-order valence-electron chi connectivity index (χ1n) is 6.26. The SMILES string of the molecule is CC(C)c1ccc2c(c1)CN(CC(F)(F)F)CC2. The smallest absolute Gasteiger partial charge is 0.290 e. The van der Waals surface area contributed by atoms with E-state index in [0.29, 0.717) is 25.4 Å². The predicted octanol–water partition coefficient (Wildman–Crippen LogP) is 3.73. The standard InChI is InChI=1S/C14H18F3N/c1-10(2)12-4-3-11-5-6-18(8-13(11)7-12)9-14(15,16)17/h3-4,7,10H,5-6,8-9H2,1-2H3. The van der Waals surface area contributed by atoms with Crippen molar-refractivity contribution < 1.29 is 13.2 Å². The van der Waals surface area contributed by atoms with Crippen LogP contribution in [0.3, 0.4) is 0 Å². The number of hydrogen-bond donors (Lipinski definition) is 0. The summed E-state index contributed by atoms with van der Waals surface area (Å²) in [6.07, 6.45) is -3.39. The van der Waals surface area contributed by atoms with Crippen molar-refractivity contribution in [2.75, 3.05) is 13.1 Å². The lowest BCUT2D eigenvalue weighted by molar-refractivity contribution is -0.147. The van der Waals surface area contributed by atoms with E-state index < -0.39 is 12.7 Å². The molecule has 0 fully saturated rings. The third-order valence-corrected chi connectivity index (χ3v) is 3.39. The molecule has 1 aliphatic rings. The molecule has 1 aromatic carbocycles. The van der Waals surface area contributed by atoms with Crippen molar-refractivity contribution in [2.45, 2.75) is 38.9 Å². The van der Waals surface area contributed by atoms with Crippen LogP contribution >= 0.6 is 0 Å². The zero-order valence-corrected chi connectivity index (χ0v) is 10.7. The normalized spacial score (nSPS) is 17.0. The highest BCUT2D eigenvalue weighted by molar-refractivity contribution is 5.35. The first-order valence-corrected chi connectivity index (χ1v) is 6.26. The van der Waals surface area contributed by atoms with Gasteiger partial charge in [-0.1, -0.05) is 32.0 Å². The highest BCUT2D eigenvalue weighted by atomic mass is 19.4. The van der Waals surface area contributed by atoms with E-state index >= 15 is 0 Å². The van der Waals surface area contributed by atoms with Crippen molar-refractivity contribution in [3.8, 4) is 0 Å². The van der Waals surface area contributed by atoms with Crippen molar-refractivity contribution in [1.82, 2.24) is 4.90 Å². The quantitative estimate of drug-likeness (QED) is 0.780. The molecule has 0 aliphatic carbocycles. The molecule has 18 heavy (non-hydrogen) atoms. The molecule has 0 radical (unpaired) electrons. The lowest BCUT2D eigenvalue weighted by Gasteiger charge is -2.30. The minimum atomic E-state index is -4.10. The fourth-order valence-corrected chi connectivity index (χ4v) is 2.38. The molecule has 0 N–H and O–H groups in total. The molecule has 0 unspecified atom stereocenters. The Labute approximate surface area is 106 Å². The summed E-state index contributed by atoms with van der Waals surface area (Å²) in [5, 5.41) is 0. The van der Waals surface area contributed by atoms with Gasteiger partial charge in [-0.25, -0.2) is 0 Å². The van der Waals surface area contributed by atoms with Crippen LogP contribution in [0.1, 0.15) is 36.5 Å². The summed E-state index contributed by atoms with van der Waals surface area (Å²) in [4.78, 5) is 1.48. The maximum Gasteiger partial charge on any atom is 0.401 e. The molecule has 1 aromatic rings. The van der Waals surface area contributed by atoms with Gasteiger partial charge in [0.25, 0.3) is 0 Å². The van der Waals surface area contributed by atoms with Crippen LogP contribution in [0.5, 0.6) is 0 Å². The maximum atomic E-state index is 12.4. The number of hydrogen-bond acceptors (Lipinski definition) is 1. The predicted molar refractivity (Wildman–Crippen MR) is 65.6 cm³/mol. The second-order valence-electron chi connectivity index (χ2n) is 5.26. The highest BCUT2D eigenvalue weighted by Crippen LogP contribution is 2.26. The summed E-state index contributed by atoms with van der Waals surface area (Å²) in [6, 6.07) is 6.21. The van der Waals surface area contributed by atoms with Crippen molar-refractivity contribution in [3.63, 3.8) is 0 Å². The van der Waals surface area contributed by atoms with Crippen LogP contribution in [0.4, 0.5) is 13.2 Å². The Morgan fingerprint density at radius 2 is 1.94 bits per heavy atom. The van der Waals surface area contributed by atoms with Crippen molar-refractivity contribution in [3.05, 3.63) is 34.9 Å². The molecule has 2 rings (SSSR count). The average molecular weight is 257 g/mol. The van der Waals surface area contributed by atoms with E-state index in [4.69, 9.17) is 0 Å². The topological polar surface area (TPSA) is 3.24 Å². The molecule has 1 heterocycles. The van der Waals surface area contributed by atoms with Crippen LogP contribution in [0.15, 0.2) is 18.2 Å². The number of benzene rings is 1. The average Bonchev–Trinajstić information content (AvgIpc) is 2.25. The van der Waals surface area contributed by atoms with E-state index in [1.165, 1.54) is 16.0 Å². The van der Waals surface area contributed by atoms with Gasteiger partial charge < -0.3 is 0 Å². The number of alkyl halides is 3. The van der Waals surface area contributed by atoms with Gasteiger partial charge in [0.15, 0.2) is 0 Å². The van der Waals surface area contributed by atoms with Gasteiger partial charge in [0.2, 0.25) is 0 Å². The molecule has 100 valence electrons. The van der Waals surface area contributed by atoms with Gasteiger partial charge in [-0.3, -0.25) is 4.90 Å². The van der Waals surface area contributed by atoms with E-state index in [2.05, 4.69) is 32.0 Å². The molecule has 0 amide bonds. The molecule has 0 atom stereocenters. The van der Waals surface area contributed by atoms with E-state index in [-0.39, 0.29) is 0 Å². The highest BCUT2D eigenvalue weighted by Gasteiger charge is 2.32. The van der Waals surface area contributed by atoms with Gasteiger partial charge in [0.1, 0.15) is 0 Å². The van der Waals surface area contributed by atoms with E-state index in [9.17, 15) is 13.2 Å². The van der Waals surface area contributed by atoms with E-state index in [1.54, 1.807) is 0 Å². The first-order chi connectivity index (χ1) is 8.35. The molecule has 0 spiro atoms. The lowest BCUT2D eigenvalue weighted by Crippen LogP contribution is -2.38. The summed E-state index contributed by atoms with van der Waals surface area (Å²) in [5.41, 5.74) is 3.44. The zero-order chi connectivity index (χ0) is 13.3. The molecule has 1 aliphatic heterocycles. The van der Waals surface area contributed by atoms with Crippen LogP contribution < -0.4 is 0 Å². The first kappa shape index (κ1) is 13.4. The Kier molecular flexibility index (Phi) is 3.66. The Morgan fingerprint density at radius 3 is 2.56 bits per heavy atom. The number of fused-ring (bicyclic) bond motifs is 1. The third kappa shape index (κ3) is 3.25. The summed E-state index contributed by atoms with van der Waals surface area (Å²) in [6.45, 7) is 4.29. The third-order valence-electron chi connectivity index (χ3n) is 3.39. The van der Waals surface area contributed by atoms with Gasteiger partial charge in [0.05, 0.1) is 6.54 Å². The zero-order valence-electron chi connectivity index (χ0n) is 10.7. The molecule has 0 aromatic heterocycles. The fourth-order valence-electron chi connectivity index (χ4n) is 2.38. The van der Waals surface area contributed by atoms with E-state index in [0.717, 1.165) is 5.56 Å². The summed E-state index contributed by atoms with van der Waals surface area (Å²) in [7, 11) is 0. The lowest BCUT2D eigenvalue weighted by atomic mass is 9.93. The van der Waals surface area contributed by atoms with Gasteiger partial charge in [-0.05, 0) is 29.0 Å². The Hall–Kier alpha value is -1.03. The van der Waals surface area contributed by atoms with Gasteiger partial charge in [-0.2, -0.15) is 13.2 Å². The monoisotopic (exact) mass is 257 g/mol. The summed E-state index contributed by atoms with van der Waals surface area (Å²) < 4.78 is 37.1. The van der Waals surface area contributed by atoms with Crippen LogP contribution in [0.2, 0.25) is 0 Å².